The van der Waals surface area contributed by atoms with E-state index in [-0.39, 0.29) is 5.91 Å². The lowest BCUT2D eigenvalue weighted by Gasteiger charge is -2.14. The molecule has 0 aliphatic carbocycles. The number of carbonyl (C=O) groups is 1. The standard InChI is InChI=1S/C19H23N3OS/c1-3-4-13-20-18(23)16-7-5-6-8-17(16)22-19(24)21-15-11-9-14(2)10-12-15/h5-12H,3-4,13H2,1-2H3,(H,20,23)(H2,21,22,24). The highest BCUT2D eigenvalue weighted by Gasteiger charge is 2.11. The van der Waals surface area contributed by atoms with Crippen molar-refractivity contribution in [2.45, 2.75) is 26.7 Å². The van der Waals surface area contributed by atoms with Crippen LogP contribution in [0, 0.1) is 6.92 Å². The number of unbranched alkanes of at least 4 members (excludes halogenated alkanes) is 1. The molecular formula is C19H23N3OS. The topological polar surface area (TPSA) is 53.2 Å². The molecule has 0 spiro atoms. The van der Waals surface area contributed by atoms with Gasteiger partial charge in [0.25, 0.3) is 5.91 Å². The molecule has 2 aromatic rings. The van der Waals surface area contributed by atoms with Crippen LogP contribution in [-0.4, -0.2) is 17.6 Å². The van der Waals surface area contributed by atoms with E-state index in [1.807, 2.05) is 49.4 Å². The van der Waals surface area contributed by atoms with Crippen molar-refractivity contribution >= 4 is 34.6 Å². The summed E-state index contributed by atoms with van der Waals surface area (Å²) in [7, 11) is 0. The molecule has 0 saturated carbocycles. The van der Waals surface area contributed by atoms with Gasteiger partial charge in [0, 0.05) is 12.2 Å². The zero-order chi connectivity index (χ0) is 17.4. The van der Waals surface area contributed by atoms with Crippen LogP contribution in [0.2, 0.25) is 0 Å². The van der Waals surface area contributed by atoms with Crippen molar-refractivity contribution in [2.75, 3.05) is 17.2 Å². The molecule has 1 amide bonds. The van der Waals surface area contributed by atoms with Gasteiger partial charge in [-0.05, 0) is 49.8 Å². The van der Waals surface area contributed by atoms with Gasteiger partial charge in [-0.3, -0.25) is 4.79 Å². The summed E-state index contributed by atoms with van der Waals surface area (Å²) < 4.78 is 0. The van der Waals surface area contributed by atoms with E-state index in [0.29, 0.717) is 22.9 Å². The maximum atomic E-state index is 12.3. The quantitative estimate of drug-likeness (QED) is 0.540. The highest BCUT2D eigenvalue weighted by atomic mass is 32.1. The van der Waals surface area contributed by atoms with Crippen LogP contribution in [0.25, 0.3) is 0 Å². The summed E-state index contributed by atoms with van der Waals surface area (Å²) in [6.07, 6.45) is 2.01. The van der Waals surface area contributed by atoms with Gasteiger partial charge in [0.1, 0.15) is 0 Å². The number of carbonyl (C=O) groups excluding carboxylic acids is 1. The zero-order valence-electron chi connectivity index (χ0n) is 14.1. The van der Waals surface area contributed by atoms with E-state index in [1.54, 1.807) is 6.07 Å². The van der Waals surface area contributed by atoms with Gasteiger partial charge < -0.3 is 16.0 Å². The molecule has 24 heavy (non-hydrogen) atoms. The minimum atomic E-state index is -0.0929. The molecule has 0 heterocycles. The monoisotopic (exact) mass is 341 g/mol. The minimum absolute atomic E-state index is 0.0929. The smallest absolute Gasteiger partial charge is 0.253 e. The van der Waals surface area contributed by atoms with Crippen molar-refractivity contribution in [1.82, 2.24) is 5.32 Å². The molecule has 0 atom stereocenters. The number of benzene rings is 2. The average Bonchev–Trinajstić information content (AvgIpc) is 2.57. The first kappa shape index (κ1) is 17.9. The average molecular weight is 341 g/mol. The van der Waals surface area contributed by atoms with Crippen molar-refractivity contribution in [3.63, 3.8) is 0 Å². The van der Waals surface area contributed by atoms with E-state index in [1.165, 1.54) is 5.56 Å². The van der Waals surface area contributed by atoms with Gasteiger partial charge in [0.05, 0.1) is 11.3 Å². The van der Waals surface area contributed by atoms with Crippen LogP contribution >= 0.6 is 12.2 Å². The molecule has 3 N–H and O–H groups in total. The zero-order valence-corrected chi connectivity index (χ0v) is 14.9. The molecule has 0 aromatic heterocycles. The van der Waals surface area contributed by atoms with Crippen LogP contribution in [0.5, 0.6) is 0 Å². The molecule has 0 fully saturated rings. The second kappa shape index (κ2) is 9.03. The summed E-state index contributed by atoms with van der Waals surface area (Å²) in [6, 6.07) is 15.3. The first-order chi connectivity index (χ1) is 11.6. The van der Waals surface area contributed by atoms with E-state index < -0.39 is 0 Å². The molecule has 0 radical (unpaired) electrons. The van der Waals surface area contributed by atoms with Crippen LogP contribution in [0.15, 0.2) is 48.5 Å². The SMILES string of the molecule is CCCCNC(=O)c1ccccc1NC(=S)Nc1ccc(C)cc1. The fraction of sp³-hybridized carbons (Fsp3) is 0.263. The van der Waals surface area contributed by atoms with Gasteiger partial charge in [-0.25, -0.2) is 0 Å². The Labute approximate surface area is 148 Å². The van der Waals surface area contributed by atoms with Gasteiger partial charge >= 0.3 is 0 Å². The summed E-state index contributed by atoms with van der Waals surface area (Å²) in [5.41, 5.74) is 3.37. The molecule has 0 unspecified atom stereocenters. The summed E-state index contributed by atoms with van der Waals surface area (Å²) in [4.78, 5) is 12.3. The Kier molecular flexibility index (Phi) is 6.75. The number of nitrogens with one attached hydrogen (secondary N) is 3. The molecular weight excluding hydrogens is 318 g/mol. The van der Waals surface area contributed by atoms with Gasteiger partial charge in [-0.2, -0.15) is 0 Å². The Morgan fingerprint density at radius 3 is 2.46 bits per heavy atom. The first-order valence-electron chi connectivity index (χ1n) is 8.12. The number of para-hydroxylation sites is 1. The lowest BCUT2D eigenvalue weighted by molar-refractivity contribution is 0.0954. The van der Waals surface area contributed by atoms with Crippen molar-refractivity contribution < 1.29 is 4.79 Å². The fourth-order valence-corrected chi connectivity index (χ4v) is 2.41. The van der Waals surface area contributed by atoms with Gasteiger partial charge in [0.15, 0.2) is 5.11 Å². The predicted octanol–water partition coefficient (Wildman–Crippen LogP) is 4.33. The van der Waals surface area contributed by atoms with Crippen molar-refractivity contribution in [1.29, 1.82) is 0 Å². The van der Waals surface area contributed by atoms with Crippen LogP contribution in [0.1, 0.15) is 35.7 Å². The Morgan fingerprint density at radius 2 is 1.75 bits per heavy atom. The van der Waals surface area contributed by atoms with Gasteiger partial charge in [0.2, 0.25) is 0 Å². The normalized spacial score (nSPS) is 10.1. The van der Waals surface area contributed by atoms with Crippen LogP contribution in [-0.2, 0) is 0 Å². The summed E-state index contributed by atoms with van der Waals surface area (Å²) in [6.45, 7) is 4.81. The number of anilines is 2. The summed E-state index contributed by atoms with van der Waals surface area (Å²) in [5.74, 6) is -0.0929. The molecule has 0 aliphatic heterocycles. The highest BCUT2D eigenvalue weighted by molar-refractivity contribution is 7.80. The Balaban J connectivity index is 2.02. The van der Waals surface area contributed by atoms with Gasteiger partial charge in [-0.1, -0.05) is 43.2 Å². The maximum Gasteiger partial charge on any atom is 0.253 e. The number of aryl methyl sites for hydroxylation is 1. The maximum absolute atomic E-state index is 12.3. The fourth-order valence-electron chi connectivity index (χ4n) is 2.19. The Morgan fingerprint density at radius 1 is 1.04 bits per heavy atom. The van der Waals surface area contributed by atoms with Crippen LogP contribution in [0.4, 0.5) is 11.4 Å². The lowest BCUT2D eigenvalue weighted by atomic mass is 10.1. The van der Waals surface area contributed by atoms with Gasteiger partial charge in [-0.15, -0.1) is 0 Å². The largest absolute Gasteiger partial charge is 0.352 e. The molecule has 0 aliphatic rings. The minimum Gasteiger partial charge on any atom is -0.352 e. The summed E-state index contributed by atoms with van der Waals surface area (Å²) in [5, 5.41) is 9.61. The van der Waals surface area contributed by atoms with E-state index in [9.17, 15) is 4.79 Å². The lowest BCUT2D eigenvalue weighted by Crippen LogP contribution is -2.27. The second-order valence-corrected chi connectivity index (χ2v) is 6.01. The highest BCUT2D eigenvalue weighted by Crippen LogP contribution is 2.16. The van der Waals surface area contributed by atoms with Crippen molar-refractivity contribution in [3.05, 3.63) is 59.7 Å². The van der Waals surface area contributed by atoms with E-state index in [4.69, 9.17) is 12.2 Å². The molecule has 126 valence electrons. The van der Waals surface area contributed by atoms with Crippen LogP contribution in [0.3, 0.4) is 0 Å². The van der Waals surface area contributed by atoms with Crippen molar-refractivity contribution in [3.8, 4) is 0 Å². The van der Waals surface area contributed by atoms with E-state index >= 15 is 0 Å². The summed E-state index contributed by atoms with van der Waals surface area (Å²) >= 11 is 5.35. The molecule has 2 aromatic carbocycles. The van der Waals surface area contributed by atoms with E-state index in [2.05, 4.69) is 22.9 Å². The van der Waals surface area contributed by atoms with Crippen LogP contribution < -0.4 is 16.0 Å². The molecule has 2 rings (SSSR count). The first-order valence-corrected chi connectivity index (χ1v) is 8.53. The third-order valence-electron chi connectivity index (χ3n) is 3.55. The number of hydrogen-bond donors (Lipinski definition) is 3. The number of thiocarbonyl (C=S) groups is 1. The third kappa shape index (κ3) is 5.35. The second-order valence-electron chi connectivity index (χ2n) is 5.60. The molecule has 0 saturated heterocycles. The Hall–Kier alpha value is -2.40. The van der Waals surface area contributed by atoms with Crippen molar-refractivity contribution in [2.24, 2.45) is 0 Å². The molecule has 4 nitrogen and oxygen atoms in total. The predicted molar refractivity (Wildman–Crippen MR) is 105 cm³/mol. The Bertz CT molecular complexity index is 698. The number of amides is 1. The number of hydrogen-bond acceptors (Lipinski definition) is 2. The molecule has 0 bridgehead atoms. The molecule has 5 heteroatoms. The third-order valence-corrected chi connectivity index (χ3v) is 3.75. The number of rotatable bonds is 6. The van der Waals surface area contributed by atoms with E-state index in [0.717, 1.165) is 18.5 Å².